The molecule has 0 spiro atoms. The third kappa shape index (κ3) is 3.73. The highest BCUT2D eigenvalue weighted by molar-refractivity contribution is 5.77. The van der Waals surface area contributed by atoms with Gasteiger partial charge in [0.05, 0.1) is 12.1 Å². The van der Waals surface area contributed by atoms with Crippen LogP contribution in [0.1, 0.15) is 31.2 Å². The predicted octanol–water partition coefficient (Wildman–Crippen LogP) is 2.14. The third-order valence-corrected chi connectivity index (χ3v) is 3.97. The molecule has 0 saturated heterocycles. The Balaban J connectivity index is 1.86. The molecule has 0 bridgehead atoms. The summed E-state index contributed by atoms with van der Waals surface area (Å²) >= 11 is 0. The van der Waals surface area contributed by atoms with Crippen LogP contribution in [0.15, 0.2) is 24.3 Å². The van der Waals surface area contributed by atoms with Crippen molar-refractivity contribution in [2.24, 2.45) is 0 Å². The summed E-state index contributed by atoms with van der Waals surface area (Å²) in [4.78, 5) is 13.8. The minimum atomic E-state index is -0.405. The number of hydrogen-bond acceptors (Lipinski definition) is 3. The molecule has 1 amide bonds. The number of aliphatic hydroxyl groups is 1. The van der Waals surface area contributed by atoms with Crippen LogP contribution in [0.4, 0.5) is 0 Å². The number of carbonyl (C=O) groups excluding carboxylic acids is 1. The van der Waals surface area contributed by atoms with Crippen molar-refractivity contribution in [3.05, 3.63) is 29.8 Å². The van der Waals surface area contributed by atoms with E-state index >= 15 is 0 Å². The maximum absolute atomic E-state index is 12.1. The summed E-state index contributed by atoms with van der Waals surface area (Å²) in [5, 5.41) is 9.97. The highest BCUT2D eigenvalue weighted by Crippen LogP contribution is 2.22. The maximum Gasteiger partial charge on any atom is 0.260 e. The van der Waals surface area contributed by atoms with E-state index in [2.05, 4.69) is 0 Å². The van der Waals surface area contributed by atoms with E-state index in [9.17, 15) is 9.90 Å². The second kappa shape index (κ2) is 6.75. The monoisotopic (exact) mass is 277 g/mol. The number of aryl methyl sites for hydroxylation is 1. The molecule has 1 aromatic carbocycles. The molecule has 2 rings (SSSR count). The predicted molar refractivity (Wildman–Crippen MR) is 77.7 cm³/mol. The topological polar surface area (TPSA) is 49.8 Å². The Labute approximate surface area is 120 Å². The highest BCUT2D eigenvalue weighted by atomic mass is 16.5. The number of aliphatic hydroxyl groups excluding tert-OH is 1. The summed E-state index contributed by atoms with van der Waals surface area (Å²) in [5.41, 5.74) is 1.16. The van der Waals surface area contributed by atoms with Crippen LogP contribution in [0.5, 0.6) is 5.75 Å². The minimum Gasteiger partial charge on any atom is -0.484 e. The molecule has 0 aliphatic heterocycles. The second-order valence-electron chi connectivity index (χ2n) is 5.53. The number of nitrogens with zero attached hydrogens (tertiary/aromatic N) is 1. The van der Waals surface area contributed by atoms with E-state index in [0.29, 0.717) is 5.75 Å². The van der Waals surface area contributed by atoms with E-state index in [1.807, 2.05) is 31.2 Å². The number of rotatable bonds is 4. The van der Waals surface area contributed by atoms with Gasteiger partial charge in [-0.15, -0.1) is 0 Å². The lowest BCUT2D eigenvalue weighted by molar-refractivity contribution is -0.137. The number of benzene rings is 1. The van der Waals surface area contributed by atoms with Crippen LogP contribution < -0.4 is 4.74 Å². The average molecular weight is 277 g/mol. The second-order valence-corrected chi connectivity index (χ2v) is 5.53. The molecule has 1 aromatic rings. The molecule has 1 aliphatic carbocycles. The molecule has 0 aromatic heterocycles. The minimum absolute atomic E-state index is 0.0166. The van der Waals surface area contributed by atoms with E-state index in [4.69, 9.17) is 4.74 Å². The van der Waals surface area contributed by atoms with Gasteiger partial charge in [-0.25, -0.2) is 0 Å². The molecule has 2 atom stereocenters. The first-order valence-electron chi connectivity index (χ1n) is 7.21. The van der Waals surface area contributed by atoms with Crippen LogP contribution in [0, 0.1) is 6.92 Å². The Morgan fingerprint density at radius 3 is 2.60 bits per heavy atom. The lowest BCUT2D eigenvalue weighted by Gasteiger charge is -2.35. The summed E-state index contributed by atoms with van der Waals surface area (Å²) in [6, 6.07) is 7.55. The SMILES string of the molecule is Cc1ccc(OCC(=O)N(C)[C@@H]2CCCC[C@H]2O)cc1. The van der Waals surface area contributed by atoms with Crippen molar-refractivity contribution in [3.63, 3.8) is 0 Å². The largest absolute Gasteiger partial charge is 0.484 e. The van der Waals surface area contributed by atoms with Crippen molar-refractivity contribution < 1.29 is 14.6 Å². The average Bonchev–Trinajstić information content (AvgIpc) is 2.46. The third-order valence-electron chi connectivity index (χ3n) is 3.97. The highest BCUT2D eigenvalue weighted by Gasteiger charge is 2.29. The first kappa shape index (κ1) is 14.9. The van der Waals surface area contributed by atoms with Gasteiger partial charge in [-0.3, -0.25) is 4.79 Å². The molecule has 20 heavy (non-hydrogen) atoms. The van der Waals surface area contributed by atoms with Gasteiger partial charge < -0.3 is 14.7 Å². The Morgan fingerprint density at radius 1 is 1.30 bits per heavy atom. The lowest BCUT2D eigenvalue weighted by Crippen LogP contribution is -2.47. The quantitative estimate of drug-likeness (QED) is 0.917. The van der Waals surface area contributed by atoms with Gasteiger partial charge in [-0.05, 0) is 31.9 Å². The zero-order valence-corrected chi connectivity index (χ0v) is 12.2. The van der Waals surface area contributed by atoms with E-state index in [1.165, 1.54) is 0 Å². The molecule has 4 heteroatoms. The molecule has 1 N–H and O–H groups in total. The van der Waals surface area contributed by atoms with Gasteiger partial charge in [-0.1, -0.05) is 30.5 Å². The van der Waals surface area contributed by atoms with Crippen molar-refractivity contribution in [2.75, 3.05) is 13.7 Å². The van der Waals surface area contributed by atoms with Gasteiger partial charge in [0.1, 0.15) is 5.75 Å². The molecular formula is C16H23NO3. The normalized spacial score (nSPS) is 22.4. The van der Waals surface area contributed by atoms with E-state index < -0.39 is 6.10 Å². The summed E-state index contributed by atoms with van der Waals surface area (Å²) in [6.07, 6.45) is 3.35. The van der Waals surface area contributed by atoms with Gasteiger partial charge in [0.15, 0.2) is 6.61 Å². The van der Waals surface area contributed by atoms with Gasteiger partial charge in [-0.2, -0.15) is 0 Å². The van der Waals surface area contributed by atoms with Crippen molar-refractivity contribution in [1.29, 1.82) is 0 Å². The van der Waals surface area contributed by atoms with Crippen molar-refractivity contribution in [3.8, 4) is 5.75 Å². The Hall–Kier alpha value is -1.55. The Bertz CT molecular complexity index is 444. The molecular weight excluding hydrogens is 254 g/mol. The van der Waals surface area contributed by atoms with Crippen molar-refractivity contribution >= 4 is 5.91 Å². The van der Waals surface area contributed by atoms with Gasteiger partial charge in [0, 0.05) is 7.05 Å². The molecule has 110 valence electrons. The standard InChI is InChI=1S/C16H23NO3/c1-12-7-9-13(10-8-12)20-11-16(19)17(2)14-5-3-4-6-15(14)18/h7-10,14-15,18H,3-6,11H2,1-2H3/t14-,15-/m1/s1. The summed E-state index contributed by atoms with van der Waals surface area (Å²) in [6.45, 7) is 2.02. The first-order valence-corrected chi connectivity index (χ1v) is 7.21. The number of ether oxygens (including phenoxy) is 1. The fourth-order valence-electron chi connectivity index (χ4n) is 2.61. The van der Waals surface area contributed by atoms with Crippen molar-refractivity contribution in [1.82, 2.24) is 4.90 Å². The van der Waals surface area contributed by atoms with Crippen LogP contribution in [-0.4, -0.2) is 41.7 Å². The zero-order valence-electron chi connectivity index (χ0n) is 12.2. The number of amides is 1. The Morgan fingerprint density at radius 2 is 1.95 bits per heavy atom. The van der Waals surface area contributed by atoms with E-state index in [1.54, 1.807) is 11.9 Å². The van der Waals surface area contributed by atoms with Gasteiger partial charge >= 0.3 is 0 Å². The van der Waals surface area contributed by atoms with Crippen LogP contribution in [-0.2, 0) is 4.79 Å². The van der Waals surface area contributed by atoms with Crippen molar-refractivity contribution in [2.45, 2.75) is 44.8 Å². The summed E-state index contributed by atoms with van der Waals surface area (Å²) in [5.74, 6) is 0.609. The molecule has 4 nitrogen and oxygen atoms in total. The Kier molecular flexibility index (Phi) is 5.01. The maximum atomic E-state index is 12.1. The smallest absolute Gasteiger partial charge is 0.260 e. The zero-order chi connectivity index (χ0) is 14.5. The van der Waals surface area contributed by atoms with Gasteiger partial charge in [0.2, 0.25) is 0 Å². The number of hydrogen-bond donors (Lipinski definition) is 1. The first-order chi connectivity index (χ1) is 9.58. The van der Waals surface area contributed by atoms with Gasteiger partial charge in [0.25, 0.3) is 5.91 Å². The molecule has 1 aliphatic rings. The number of likely N-dealkylation sites (N-methyl/N-ethyl adjacent to an activating group) is 1. The van der Waals surface area contributed by atoms with Crippen LogP contribution in [0.25, 0.3) is 0 Å². The lowest BCUT2D eigenvalue weighted by atomic mass is 9.91. The number of carbonyl (C=O) groups is 1. The van der Waals surface area contributed by atoms with E-state index in [-0.39, 0.29) is 18.6 Å². The fourth-order valence-corrected chi connectivity index (χ4v) is 2.61. The molecule has 0 unspecified atom stereocenters. The fraction of sp³-hybridized carbons (Fsp3) is 0.562. The summed E-state index contributed by atoms with van der Waals surface area (Å²) < 4.78 is 5.50. The molecule has 0 heterocycles. The molecule has 0 radical (unpaired) electrons. The van der Waals surface area contributed by atoms with Crippen LogP contribution >= 0.6 is 0 Å². The van der Waals surface area contributed by atoms with Crippen LogP contribution in [0.2, 0.25) is 0 Å². The van der Waals surface area contributed by atoms with E-state index in [0.717, 1.165) is 31.2 Å². The molecule has 1 fully saturated rings. The summed E-state index contributed by atoms with van der Waals surface area (Å²) in [7, 11) is 1.75. The molecule has 1 saturated carbocycles. The van der Waals surface area contributed by atoms with Crippen LogP contribution in [0.3, 0.4) is 0 Å².